The van der Waals surface area contributed by atoms with E-state index in [-0.39, 0.29) is 0 Å². The lowest BCUT2D eigenvalue weighted by Gasteiger charge is -2.11. The van der Waals surface area contributed by atoms with Gasteiger partial charge in [-0.05, 0) is 61.0 Å². The molecule has 6 nitrogen and oxygen atoms in total. The van der Waals surface area contributed by atoms with E-state index in [1.807, 2.05) is 6.07 Å². The van der Waals surface area contributed by atoms with E-state index in [2.05, 4.69) is 79.9 Å². The van der Waals surface area contributed by atoms with E-state index in [0.717, 1.165) is 59.0 Å². The third kappa shape index (κ3) is 3.06. The maximum Gasteiger partial charge on any atom is 0.181 e. The molecule has 0 atom stereocenters. The van der Waals surface area contributed by atoms with Crippen molar-refractivity contribution in [2.75, 3.05) is 13.1 Å². The van der Waals surface area contributed by atoms with Crippen molar-refractivity contribution in [3.8, 4) is 22.6 Å². The molecule has 148 valence electrons. The zero-order valence-electron chi connectivity index (χ0n) is 16.6. The molecule has 1 aliphatic rings. The molecule has 2 N–H and O–H groups in total. The lowest BCUT2D eigenvalue weighted by molar-refractivity contribution is 0.323. The van der Waals surface area contributed by atoms with E-state index in [9.17, 15) is 0 Å². The molecule has 0 aliphatic carbocycles. The largest absolute Gasteiger partial charge is 0.296 e. The van der Waals surface area contributed by atoms with Crippen molar-refractivity contribution in [3.05, 3.63) is 66.5 Å². The summed E-state index contributed by atoms with van der Waals surface area (Å²) >= 11 is 0. The number of aromatic nitrogens is 5. The summed E-state index contributed by atoms with van der Waals surface area (Å²) < 4.78 is 0. The van der Waals surface area contributed by atoms with Crippen LogP contribution in [0, 0.1) is 0 Å². The molecule has 0 spiro atoms. The van der Waals surface area contributed by atoms with Gasteiger partial charge in [0.15, 0.2) is 5.82 Å². The molecule has 0 saturated carbocycles. The SMILES string of the molecule is c1ccc2cc(-c3n[nH]c4ccc(-c5n[nH]c(CN6CCCC6)n5)cc34)ccc2c1. The second-order valence-electron chi connectivity index (χ2n) is 7.98. The van der Waals surface area contributed by atoms with Crippen molar-refractivity contribution < 1.29 is 0 Å². The number of likely N-dealkylation sites (tertiary alicyclic amines) is 1. The highest BCUT2D eigenvalue weighted by molar-refractivity contribution is 5.97. The maximum atomic E-state index is 4.74. The Hall–Kier alpha value is -3.51. The number of benzene rings is 3. The van der Waals surface area contributed by atoms with Gasteiger partial charge < -0.3 is 0 Å². The first-order valence-electron chi connectivity index (χ1n) is 10.4. The monoisotopic (exact) mass is 394 g/mol. The Balaban J connectivity index is 1.37. The molecular formula is C24H22N6. The Morgan fingerprint density at radius 1 is 0.800 bits per heavy atom. The van der Waals surface area contributed by atoms with Crippen LogP contribution in [0.25, 0.3) is 44.3 Å². The number of nitrogens with one attached hydrogen (secondary N) is 2. The van der Waals surface area contributed by atoms with Gasteiger partial charge in [0, 0.05) is 16.5 Å². The molecule has 30 heavy (non-hydrogen) atoms. The standard InChI is InChI=1S/C24H22N6/c1-2-6-17-13-18(8-7-16(17)5-1)23-20-14-19(9-10-21(20)26-28-23)24-25-22(27-29-24)15-30-11-3-4-12-30/h1-2,5-10,13-14H,3-4,11-12,15H2,(H,26,28)(H,25,27,29). The Labute approximate surface area is 174 Å². The predicted octanol–water partition coefficient (Wildman–Crippen LogP) is 4.76. The topological polar surface area (TPSA) is 73.5 Å². The van der Waals surface area contributed by atoms with Gasteiger partial charge in [-0.2, -0.15) is 10.2 Å². The van der Waals surface area contributed by atoms with Crippen LogP contribution in [0.2, 0.25) is 0 Å². The normalized spacial score (nSPS) is 14.8. The average Bonchev–Trinajstić information content (AvgIpc) is 3.54. The van der Waals surface area contributed by atoms with Gasteiger partial charge in [-0.15, -0.1) is 0 Å². The highest BCUT2D eigenvalue weighted by Crippen LogP contribution is 2.31. The Morgan fingerprint density at radius 2 is 1.63 bits per heavy atom. The summed E-state index contributed by atoms with van der Waals surface area (Å²) in [5.41, 5.74) is 4.05. The quantitative estimate of drug-likeness (QED) is 0.461. The summed E-state index contributed by atoms with van der Waals surface area (Å²) in [4.78, 5) is 7.16. The number of hydrogen-bond donors (Lipinski definition) is 2. The lowest BCUT2D eigenvalue weighted by atomic mass is 10.0. The third-order valence-electron chi connectivity index (χ3n) is 5.95. The molecule has 6 rings (SSSR count). The van der Waals surface area contributed by atoms with Gasteiger partial charge in [0.25, 0.3) is 0 Å². The molecule has 0 amide bonds. The van der Waals surface area contributed by atoms with E-state index in [0.29, 0.717) is 0 Å². The Kier molecular flexibility index (Phi) is 4.09. The van der Waals surface area contributed by atoms with E-state index in [1.54, 1.807) is 0 Å². The van der Waals surface area contributed by atoms with Crippen LogP contribution >= 0.6 is 0 Å². The molecule has 0 radical (unpaired) electrons. The molecule has 2 aromatic heterocycles. The second-order valence-corrected chi connectivity index (χ2v) is 7.98. The maximum absolute atomic E-state index is 4.74. The van der Waals surface area contributed by atoms with Gasteiger partial charge in [0.05, 0.1) is 17.8 Å². The fourth-order valence-corrected chi connectivity index (χ4v) is 4.36. The Morgan fingerprint density at radius 3 is 2.53 bits per heavy atom. The molecule has 5 aromatic rings. The minimum Gasteiger partial charge on any atom is -0.296 e. The van der Waals surface area contributed by atoms with Gasteiger partial charge in [-0.25, -0.2) is 4.98 Å². The first kappa shape index (κ1) is 17.4. The van der Waals surface area contributed by atoms with Crippen LogP contribution in [0.1, 0.15) is 18.7 Å². The number of hydrogen-bond acceptors (Lipinski definition) is 4. The lowest BCUT2D eigenvalue weighted by Crippen LogP contribution is -2.19. The van der Waals surface area contributed by atoms with Crippen molar-refractivity contribution >= 4 is 21.7 Å². The fourth-order valence-electron chi connectivity index (χ4n) is 4.36. The molecule has 1 saturated heterocycles. The fraction of sp³-hybridized carbons (Fsp3) is 0.208. The molecule has 3 heterocycles. The number of H-pyrrole nitrogens is 2. The zero-order chi connectivity index (χ0) is 19.9. The van der Waals surface area contributed by atoms with Crippen LogP contribution in [0.3, 0.4) is 0 Å². The molecule has 6 heteroatoms. The van der Waals surface area contributed by atoms with Crippen molar-refractivity contribution in [3.63, 3.8) is 0 Å². The number of rotatable bonds is 4. The van der Waals surface area contributed by atoms with Crippen LogP contribution in [-0.4, -0.2) is 43.4 Å². The van der Waals surface area contributed by atoms with E-state index < -0.39 is 0 Å². The number of aromatic amines is 2. The average molecular weight is 394 g/mol. The van der Waals surface area contributed by atoms with E-state index >= 15 is 0 Å². The summed E-state index contributed by atoms with van der Waals surface area (Å²) in [5.74, 6) is 1.66. The highest BCUT2D eigenvalue weighted by atomic mass is 15.3. The minimum absolute atomic E-state index is 0.733. The summed E-state index contributed by atoms with van der Waals surface area (Å²) in [5, 5.41) is 18.9. The third-order valence-corrected chi connectivity index (χ3v) is 5.95. The smallest absolute Gasteiger partial charge is 0.181 e. The minimum atomic E-state index is 0.733. The molecule has 3 aromatic carbocycles. The molecular weight excluding hydrogens is 372 g/mol. The van der Waals surface area contributed by atoms with Crippen LogP contribution in [-0.2, 0) is 6.54 Å². The molecule has 0 unspecified atom stereocenters. The second kappa shape index (κ2) is 7.07. The Bertz CT molecular complexity index is 1340. The molecule has 1 fully saturated rings. The van der Waals surface area contributed by atoms with Crippen LogP contribution in [0.4, 0.5) is 0 Å². The summed E-state index contributed by atoms with van der Waals surface area (Å²) in [6.07, 6.45) is 2.55. The predicted molar refractivity (Wildman–Crippen MR) is 119 cm³/mol. The zero-order valence-corrected chi connectivity index (χ0v) is 16.6. The van der Waals surface area contributed by atoms with E-state index in [4.69, 9.17) is 4.98 Å². The van der Waals surface area contributed by atoms with Gasteiger partial charge in [-0.1, -0.05) is 36.4 Å². The van der Waals surface area contributed by atoms with Crippen molar-refractivity contribution in [2.24, 2.45) is 0 Å². The molecule has 1 aliphatic heterocycles. The van der Waals surface area contributed by atoms with Gasteiger partial charge >= 0.3 is 0 Å². The number of fused-ring (bicyclic) bond motifs is 2. The van der Waals surface area contributed by atoms with Gasteiger partial charge in [0.1, 0.15) is 5.82 Å². The van der Waals surface area contributed by atoms with Crippen molar-refractivity contribution in [1.82, 2.24) is 30.3 Å². The number of nitrogens with zero attached hydrogens (tertiary/aromatic N) is 4. The summed E-state index contributed by atoms with van der Waals surface area (Å²) in [7, 11) is 0. The van der Waals surface area contributed by atoms with Gasteiger partial charge in [-0.3, -0.25) is 15.1 Å². The van der Waals surface area contributed by atoms with Crippen molar-refractivity contribution in [2.45, 2.75) is 19.4 Å². The summed E-state index contributed by atoms with van der Waals surface area (Å²) in [6.45, 7) is 3.13. The van der Waals surface area contributed by atoms with Crippen LogP contribution in [0.15, 0.2) is 60.7 Å². The highest BCUT2D eigenvalue weighted by Gasteiger charge is 2.16. The van der Waals surface area contributed by atoms with E-state index in [1.165, 1.54) is 23.6 Å². The first-order valence-corrected chi connectivity index (χ1v) is 10.4. The van der Waals surface area contributed by atoms with Crippen LogP contribution < -0.4 is 0 Å². The van der Waals surface area contributed by atoms with Crippen LogP contribution in [0.5, 0.6) is 0 Å². The summed E-state index contributed by atoms with van der Waals surface area (Å²) in [6, 6.07) is 21.1. The van der Waals surface area contributed by atoms with Crippen molar-refractivity contribution in [1.29, 1.82) is 0 Å². The first-order chi connectivity index (χ1) is 14.8. The van der Waals surface area contributed by atoms with Gasteiger partial charge in [0.2, 0.25) is 0 Å². The molecule has 0 bridgehead atoms.